The Bertz CT molecular complexity index is 639. The summed E-state index contributed by atoms with van der Waals surface area (Å²) in [7, 11) is 0. The summed E-state index contributed by atoms with van der Waals surface area (Å²) in [6, 6.07) is 1.70. The Balaban J connectivity index is 2.13. The molecule has 6 nitrogen and oxygen atoms in total. The van der Waals surface area contributed by atoms with Crippen molar-refractivity contribution in [3.8, 4) is 0 Å². The van der Waals surface area contributed by atoms with Gasteiger partial charge >= 0.3 is 5.97 Å². The number of esters is 1. The number of rotatable bonds is 4. The molecule has 2 aromatic rings. The van der Waals surface area contributed by atoms with Gasteiger partial charge in [0.05, 0.1) is 13.0 Å². The summed E-state index contributed by atoms with van der Waals surface area (Å²) >= 11 is 0. The van der Waals surface area contributed by atoms with E-state index in [1.165, 1.54) is 10.8 Å². The van der Waals surface area contributed by atoms with Crippen LogP contribution in [-0.2, 0) is 9.53 Å². The van der Waals surface area contributed by atoms with Crippen LogP contribution < -0.4 is 5.56 Å². The number of aromatic nitrogens is 3. The van der Waals surface area contributed by atoms with Crippen LogP contribution in [-0.4, -0.2) is 27.2 Å². The van der Waals surface area contributed by atoms with Gasteiger partial charge in [0.15, 0.2) is 0 Å². The number of carbonyl (C=O) groups excluding carboxylic acids is 1. The first kappa shape index (κ1) is 12.1. The molecule has 0 saturated heterocycles. The minimum atomic E-state index is -0.270. The smallest absolute Gasteiger partial charge is 0.309 e. The third kappa shape index (κ3) is 2.65. The fourth-order valence-electron chi connectivity index (χ4n) is 1.56. The lowest BCUT2D eigenvalue weighted by atomic mass is 10.2. The van der Waals surface area contributed by atoms with Crippen LogP contribution in [0.15, 0.2) is 29.5 Å². The third-order valence-corrected chi connectivity index (χ3v) is 2.33. The number of carbonyl (C=O) groups is 1. The van der Waals surface area contributed by atoms with E-state index in [0.717, 1.165) is 5.56 Å². The van der Waals surface area contributed by atoms with Crippen LogP contribution in [0.1, 0.15) is 18.9 Å². The van der Waals surface area contributed by atoms with E-state index >= 15 is 0 Å². The predicted octanol–water partition coefficient (Wildman–Crippen LogP) is 0.989. The minimum absolute atomic E-state index is 0.199. The van der Waals surface area contributed by atoms with Gasteiger partial charge in [-0.3, -0.25) is 9.59 Å². The van der Waals surface area contributed by atoms with Crippen molar-refractivity contribution in [1.82, 2.24) is 14.6 Å². The third-order valence-electron chi connectivity index (χ3n) is 2.33. The lowest BCUT2D eigenvalue weighted by molar-refractivity contribution is -0.142. The van der Waals surface area contributed by atoms with Gasteiger partial charge in [-0.1, -0.05) is 12.2 Å². The van der Waals surface area contributed by atoms with Crippen molar-refractivity contribution in [3.63, 3.8) is 0 Å². The number of ether oxygens (including phenoxy) is 1. The normalized spacial score (nSPS) is 11.2. The Kier molecular flexibility index (Phi) is 3.57. The van der Waals surface area contributed by atoms with Crippen LogP contribution >= 0.6 is 0 Å². The van der Waals surface area contributed by atoms with Crippen LogP contribution in [0.25, 0.3) is 11.6 Å². The van der Waals surface area contributed by atoms with Gasteiger partial charge < -0.3 is 9.72 Å². The Hall–Kier alpha value is -2.37. The first-order valence-electron chi connectivity index (χ1n) is 5.59. The van der Waals surface area contributed by atoms with Gasteiger partial charge in [-0.05, 0) is 18.6 Å². The molecule has 0 unspecified atom stereocenters. The molecule has 0 aliphatic rings. The quantitative estimate of drug-likeness (QED) is 0.817. The van der Waals surface area contributed by atoms with E-state index in [0.29, 0.717) is 12.1 Å². The molecule has 2 aromatic heterocycles. The van der Waals surface area contributed by atoms with E-state index in [9.17, 15) is 9.59 Å². The molecule has 1 N–H and O–H groups in total. The molecule has 6 heteroatoms. The molecule has 18 heavy (non-hydrogen) atoms. The zero-order chi connectivity index (χ0) is 13.0. The Morgan fingerprint density at radius 3 is 3.17 bits per heavy atom. The SMILES string of the molecule is CCOC(=O)CC=Cc1cc2c(=O)[nH]cnn2c1. The molecule has 0 fully saturated rings. The topological polar surface area (TPSA) is 76.5 Å². The molecule has 0 spiro atoms. The number of fused-ring (bicyclic) bond motifs is 1. The molecular weight excluding hydrogens is 234 g/mol. The first-order chi connectivity index (χ1) is 8.70. The molecule has 2 rings (SSSR count). The molecule has 0 atom stereocenters. The lowest BCUT2D eigenvalue weighted by Gasteiger charge is -1.95. The highest BCUT2D eigenvalue weighted by Crippen LogP contribution is 2.06. The summed E-state index contributed by atoms with van der Waals surface area (Å²) < 4.78 is 6.28. The molecule has 0 aliphatic carbocycles. The zero-order valence-corrected chi connectivity index (χ0v) is 9.92. The number of aromatic amines is 1. The fraction of sp³-hybridized carbons (Fsp3) is 0.250. The van der Waals surface area contributed by atoms with E-state index in [1.54, 1.807) is 31.3 Å². The molecule has 0 aromatic carbocycles. The maximum absolute atomic E-state index is 11.4. The average Bonchev–Trinajstić information content (AvgIpc) is 2.74. The average molecular weight is 247 g/mol. The van der Waals surface area contributed by atoms with Crippen molar-refractivity contribution < 1.29 is 9.53 Å². The maximum atomic E-state index is 11.4. The summed E-state index contributed by atoms with van der Waals surface area (Å²) in [5.41, 5.74) is 1.08. The van der Waals surface area contributed by atoms with Crippen LogP contribution in [0.2, 0.25) is 0 Å². The monoisotopic (exact) mass is 247 g/mol. The van der Waals surface area contributed by atoms with E-state index in [-0.39, 0.29) is 17.9 Å². The van der Waals surface area contributed by atoms with Crippen LogP contribution in [0.5, 0.6) is 0 Å². The summed E-state index contributed by atoms with van der Waals surface area (Å²) in [6.45, 7) is 2.14. The number of nitrogens with one attached hydrogen (secondary N) is 1. The van der Waals surface area contributed by atoms with Crippen molar-refractivity contribution >= 4 is 17.6 Å². The highest BCUT2D eigenvalue weighted by Gasteiger charge is 2.01. The molecule has 0 bridgehead atoms. The number of H-pyrrole nitrogens is 1. The largest absolute Gasteiger partial charge is 0.466 e. The molecule has 0 aliphatic heterocycles. The number of nitrogens with zero attached hydrogens (tertiary/aromatic N) is 2. The van der Waals surface area contributed by atoms with Gasteiger partial charge in [0, 0.05) is 6.20 Å². The fourth-order valence-corrected chi connectivity index (χ4v) is 1.56. The molecule has 2 heterocycles. The second kappa shape index (κ2) is 5.31. The van der Waals surface area contributed by atoms with Gasteiger partial charge in [0.2, 0.25) is 0 Å². The second-order valence-corrected chi connectivity index (χ2v) is 3.63. The van der Waals surface area contributed by atoms with Crippen molar-refractivity contribution in [2.24, 2.45) is 0 Å². The van der Waals surface area contributed by atoms with E-state index in [1.807, 2.05) is 0 Å². The zero-order valence-electron chi connectivity index (χ0n) is 9.92. The summed E-state index contributed by atoms with van der Waals surface area (Å²) in [5.74, 6) is -0.270. The Morgan fingerprint density at radius 2 is 2.44 bits per heavy atom. The van der Waals surface area contributed by atoms with Crippen molar-refractivity contribution in [2.75, 3.05) is 6.61 Å². The summed E-state index contributed by atoms with van der Waals surface area (Å²) in [6.07, 6.45) is 6.71. The van der Waals surface area contributed by atoms with Gasteiger partial charge in [-0.15, -0.1) is 0 Å². The summed E-state index contributed by atoms with van der Waals surface area (Å²) in [5, 5.41) is 3.97. The van der Waals surface area contributed by atoms with E-state index < -0.39 is 0 Å². The minimum Gasteiger partial charge on any atom is -0.466 e. The lowest BCUT2D eigenvalue weighted by Crippen LogP contribution is -2.09. The van der Waals surface area contributed by atoms with Crippen molar-refractivity contribution in [1.29, 1.82) is 0 Å². The van der Waals surface area contributed by atoms with Gasteiger partial charge in [0.1, 0.15) is 11.8 Å². The molecular formula is C12H13N3O3. The Labute approximate surface area is 103 Å². The molecule has 0 radical (unpaired) electrons. The van der Waals surface area contributed by atoms with Gasteiger partial charge in [-0.25, -0.2) is 4.52 Å². The van der Waals surface area contributed by atoms with Crippen LogP contribution in [0, 0.1) is 0 Å². The van der Waals surface area contributed by atoms with E-state index in [2.05, 4.69) is 10.1 Å². The van der Waals surface area contributed by atoms with Crippen molar-refractivity contribution in [2.45, 2.75) is 13.3 Å². The van der Waals surface area contributed by atoms with Crippen LogP contribution in [0.3, 0.4) is 0 Å². The van der Waals surface area contributed by atoms with Crippen LogP contribution in [0.4, 0.5) is 0 Å². The maximum Gasteiger partial charge on any atom is 0.309 e. The summed E-state index contributed by atoms with van der Waals surface area (Å²) in [4.78, 5) is 25.1. The standard InChI is InChI=1S/C12H13N3O3/c1-2-18-11(16)5-3-4-9-6-10-12(17)13-8-14-15(10)7-9/h3-4,6-8H,2,5H2,1H3,(H,13,14,17). The second-order valence-electron chi connectivity index (χ2n) is 3.63. The highest BCUT2D eigenvalue weighted by atomic mass is 16.5. The first-order valence-corrected chi connectivity index (χ1v) is 5.59. The molecule has 94 valence electrons. The number of hydrogen-bond donors (Lipinski definition) is 1. The van der Waals surface area contributed by atoms with E-state index in [4.69, 9.17) is 4.74 Å². The highest BCUT2D eigenvalue weighted by molar-refractivity contribution is 5.73. The molecule has 0 saturated carbocycles. The van der Waals surface area contributed by atoms with Gasteiger partial charge in [-0.2, -0.15) is 5.10 Å². The number of hydrogen-bond acceptors (Lipinski definition) is 4. The Morgan fingerprint density at radius 1 is 1.61 bits per heavy atom. The molecule has 0 amide bonds. The predicted molar refractivity (Wildman–Crippen MR) is 66.1 cm³/mol. The van der Waals surface area contributed by atoms with Crippen molar-refractivity contribution in [3.05, 3.63) is 40.6 Å². The van der Waals surface area contributed by atoms with Gasteiger partial charge in [0.25, 0.3) is 5.56 Å².